The van der Waals surface area contributed by atoms with Crippen LogP contribution in [0.4, 0.5) is 5.69 Å². The van der Waals surface area contributed by atoms with E-state index >= 15 is 0 Å². The van der Waals surface area contributed by atoms with Crippen LogP contribution in [0.15, 0.2) is 41.8 Å². The van der Waals surface area contributed by atoms with E-state index in [1.165, 1.54) is 0 Å². The molecule has 144 valence electrons. The summed E-state index contributed by atoms with van der Waals surface area (Å²) in [5.74, 6) is 0.555. The van der Waals surface area contributed by atoms with Crippen LogP contribution in [0.25, 0.3) is 0 Å². The van der Waals surface area contributed by atoms with E-state index in [1.54, 1.807) is 23.5 Å². The van der Waals surface area contributed by atoms with E-state index < -0.39 is 0 Å². The van der Waals surface area contributed by atoms with E-state index in [1.807, 2.05) is 41.5 Å². The monoisotopic (exact) mass is 387 g/mol. The molecule has 3 rings (SSSR count). The number of carbonyl (C=O) groups excluding carboxylic acids is 2. The largest absolute Gasteiger partial charge is 0.484 e. The Balaban J connectivity index is 1.44. The fourth-order valence-corrected chi connectivity index (χ4v) is 3.72. The Hall–Kier alpha value is -2.54. The van der Waals surface area contributed by atoms with Crippen molar-refractivity contribution < 1.29 is 14.3 Å². The van der Waals surface area contributed by atoms with Crippen LogP contribution in [0.2, 0.25) is 0 Å². The summed E-state index contributed by atoms with van der Waals surface area (Å²) in [5, 5.41) is 8.06. The molecule has 1 aromatic heterocycles. The molecule has 0 bridgehead atoms. The molecule has 2 heterocycles. The molecule has 1 unspecified atom stereocenters. The second kappa shape index (κ2) is 9.41. The van der Waals surface area contributed by atoms with E-state index in [9.17, 15) is 9.59 Å². The van der Waals surface area contributed by atoms with Crippen LogP contribution in [0, 0.1) is 0 Å². The Morgan fingerprint density at radius 2 is 2.04 bits per heavy atom. The van der Waals surface area contributed by atoms with Crippen molar-refractivity contribution in [3.05, 3.63) is 46.7 Å². The molecule has 1 fully saturated rings. The van der Waals surface area contributed by atoms with Crippen molar-refractivity contribution >= 4 is 28.8 Å². The molecule has 1 aromatic carbocycles. The highest BCUT2D eigenvalue weighted by molar-refractivity contribution is 7.10. The Kier molecular flexibility index (Phi) is 6.70. The molecule has 1 atom stereocenters. The summed E-state index contributed by atoms with van der Waals surface area (Å²) in [6.07, 6.45) is 2.14. The third kappa shape index (κ3) is 5.72. The highest BCUT2D eigenvalue weighted by atomic mass is 32.1. The van der Waals surface area contributed by atoms with Gasteiger partial charge in [-0.1, -0.05) is 12.1 Å². The van der Waals surface area contributed by atoms with Crippen LogP contribution in [0.5, 0.6) is 5.75 Å². The first kappa shape index (κ1) is 19.2. The van der Waals surface area contributed by atoms with Gasteiger partial charge in [-0.25, -0.2) is 0 Å². The van der Waals surface area contributed by atoms with Crippen molar-refractivity contribution in [3.8, 4) is 5.75 Å². The summed E-state index contributed by atoms with van der Waals surface area (Å²) in [4.78, 5) is 27.1. The molecule has 1 saturated heterocycles. The van der Waals surface area contributed by atoms with Crippen LogP contribution in [0.1, 0.15) is 30.7 Å². The number of anilines is 1. The molecule has 0 radical (unpaired) electrons. The molecule has 0 spiro atoms. The van der Waals surface area contributed by atoms with Gasteiger partial charge in [-0.15, -0.1) is 11.3 Å². The molecule has 1 aliphatic rings. The van der Waals surface area contributed by atoms with Crippen LogP contribution < -0.4 is 15.4 Å². The standard InChI is InChI=1S/C20H25N3O3S/c1-15(18-8-5-11-27-18)22-19(24)13-21-16-6-4-7-17(12-16)26-14-20(25)23-9-2-3-10-23/h4-8,11-12,15,21H,2-3,9-10,13-14H2,1H3,(H,22,24). The zero-order valence-corrected chi connectivity index (χ0v) is 16.3. The van der Waals surface area contributed by atoms with Gasteiger partial charge in [-0.05, 0) is 43.3 Å². The van der Waals surface area contributed by atoms with Gasteiger partial charge in [0.05, 0.1) is 12.6 Å². The van der Waals surface area contributed by atoms with Gasteiger partial charge < -0.3 is 20.3 Å². The summed E-state index contributed by atoms with van der Waals surface area (Å²) >= 11 is 1.62. The molecule has 2 amide bonds. The molecule has 0 aliphatic carbocycles. The molecule has 1 aliphatic heterocycles. The molecule has 2 aromatic rings. The number of carbonyl (C=O) groups is 2. The van der Waals surface area contributed by atoms with Gasteiger partial charge in [0.1, 0.15) is 5.75 Å². The zero-order chi connectivity index (χ0) is 19.1. The minimum atomic E-state index is -0.0774. The summed E-state index contributed by atoms with van der Waals surface area (Å²) < 4.78 is 5.61. The summed E-state index contributed by atoms with van der Waals surface area (Å²) in [6, 6.07) is 11.3. The second-order valence-corrected chi connectivity index (χ2v) is 7.54. The number of ether oxygens (including phenoxy) is 1. The number of nitrogens with one attached hydrogen (secondary N) is 2. The summed E-state index contributed by atoms with van der Waals surface area (Å²) in [7, 11) is 0. The SMILES string of the molecule is CC(NC(=O)CNc1cccc(OCC(=O)N2CCCC2)c1)c1cccs1. The molecule has 2 N–H and O–H groups in total. The van der Waals surface area contributed by atoms with Crippen molar-refractivity contribution in [1.29, 1.82) is 0 Å². The van der Waals surface area contributed by atoms with Crippen molar-refractivity contribution in [3.63, 3.8) is 0 Å². The molecule has 6 nitrogen and oxygen atoms in total. The lowest BCUT2D eigenvalue weighted by molar-refractivity contribution is -0.132. The highest BCUT2D eigenvalue weighted by Crippen LogP contribution is 2.19. The van der Waals surface area contributed by atoms with Crippen LogP contribution >= 0.6 is 11.3 Å². The lowest BCUT2D eigenvalue weighted by Gasteiger charge is -2.16. The lowest BCUT2D eigenvalue weighted by atomic mass is 10.2. The first-order chi connectivity index (χ1) is 13.1. The van der Waals surface area contributed by atoms with Gasteiger partial charge in [0.2, 0.25) is 5.91 Å². The van der Waals surface area contributed by atoms with Crippen molar-refractivity contribution in [2.75, 3.05) is 31.6 Å². The number of hydrogen-bond donors (Lipinski definition) is 2. The molecule has 27 heavy (non-hydrogen) atoms. The number of amides is 2. The first-order valence-electron chi connectivity index (χ1n) is 9.19. The Labute approximate surface area is 163 Å². The van der Waals surface area contributed by atoms with Crippen LogP contribution in [0.3, 0.4) is 0 Å². The third-order valence-electron chi connectivity index (χ3n) is 4.46. The Bertz CT molecular complexity index is 758. The van der Waals surface area contributed by atoms with Gasteiger partial charge in [-0.3, -0.25) is 9.59 Å². The predicted molar refractivity (Wildman–Crippen MR) is 107 cm³/mol. The van der Waals surface area contributed by atoms with Crippen molar-refractivity contribution in [2.24, 2.45) is 0 Å². The highest BCUT2D eigenvalue weighted by Gasteiger charge is 2.18. The number of nitrogens with zero attached hydrogens (tertiary/aromatic N) is 1. The summed E-state index contributed by atoms with van der Waals surface area (Å²) in [6.45, 7) is 3.83. The van der Waals surface area contributed by atoms with E-state index in [0.717, 1.165) is 36.5 Å². The maximum Gasteiger partial charge on any atom is 0.260 e. The fraction of sp³-hybridized carbons (Fsp3) is 0.400. The number of likely N-dealkylation sites (tertiary alicyclic amines) is 1. The number of rotatable bonds is 8. The Morgan fingerprint density at radius 3 is 2.78 bits per heavy atom. The van der Waals surface area contributed by atoms with Crippen molar-refractivity contribution in [2.45, 2.75) is 25.8 Å². The van der Waals surface area contributed by atoms with Crippen LogP contribution in [-0.4, -0.2) is 43.0 Å². The fourth-order valence-electron chi connectivity index (χ4n) is 2.98. The summed E-state index contributed by atoms with van der Waals surface area (Å²) in [5.41, 5.74) is 0.778. The van der Waals surface area contributed by atoms with Crippen molar-refractivity contribution in [1.82, 2.24) is 10.2 Å². The molecular weight excluding hydrogens is 362 g/mol. The predicted octanol–water partition coefficient (Wildman–Crippen LogP) is 3.04. The number of thiophene rings is 1. The maximum atomic E-state index is 12.1. The molecular formula is C20H25N3O3S. The average Bonchev–Trinajstić information content (AvgIpc) is 3.38. The number of benzene rings is 1. The van der Waals surface area contributed by atoms with Gasteiger partial charge in [0, 0.05) is 29.7 Å². The van der Waals surface area contributed by atoms with E-state index in [2.05, 4.69) is 10.6 Å². The lowest BCUT2D eigenvalue weighted by Crippen LogP contribution is -2.32. The third-order valence-corrected chi connectivity index (χ3v) is 5.51. The Morgan fingerprint density at radius 1 is 1.22 bits per heavy atom. The van der Waals surface area contributed by atoms with Crippen LogP contribution in [-0.2, 0) is 9.59 Å². The minimum Gasteiger partial charge on any atom is -0.484 e. The van der Waals surface area contributed by atoms with E-state index in [-0.39, 0.29) is 31.0 Å². The topological polar surface area (TPSA) is 70.7 Å². The first-order valence-corrected chi connectivity index (χ1v) is 10.1. The quantitative estimate of drug-likeness (QED) is 0.730. The smallest absolute Gasteiger partial charge is 0.260 e. The number of hydrogen-bond acceptors (Lipinski definition) is 5. The van der Waals surface area contributed by atoms with Gasteiger partial charge in [0.15, 0.2) is 6.61 Å². The van der Waals surface area contributed by atoms with E-state index in [0.29, 0.717) is 5.75 Å². The van der Waals surface area contributed by atoms with Gasteiger partial charge in [-0.2, -0.15) is 0 Å². The second-order valence-electron chi connectivity index (χ2n) is 6.56. The molecule has 7 heteroatoms. The average molecular weight is 388 g/mol. The van der Waals surface area contributed by atoms with Gasteiger partial charge >= 0.3 is 0 Å². The van der Waals surface area contributed by atoms with E-state index in [4.69, 9.17) is 4.74 Å². The minimum absolute atomic E-state index is 0.00873. The maximum absolute atomic E-state index is 12.1. The zero-order valence-electron chi connectivity index (χ0n) is 15.4. The van der Waals surface area contributed by atoms with Gasteiger partial charge in [0.25, 0.3) is 5.91 Å². The molecule has 0 saturated carbocycles. The normalized spacial score (nSPS) is 14.6.